The molecule has 6 rings (SSSR count). The van der Waals surface area contributed by atoms with Crippen LogP contribution in [0.1, 0.15) is 64.5 Å². The molecule has 0 aromatic heterocycles. The number of hydrogen-bond donors (Lipinski definition) is 1. The smallest absolute Gasteiger partial charge is 0.303 e. The number of nitrogens with zero attached hydrogens (tertiary/aromatic N) is 2. The molecule has 2 aliphatic heterocycles. The minimum Gasteiger partial charge on any atom is -0.744 e. The van der Waals surface area contributed by atoms with E-state index >= 15 is 0 Å². The molecule has 0 amide bonds. The average molecular weight is 786 g/mol. The first-order chi connectivity index (χ1) is 25.9. The molecular weight excluding hydrogens is 741 g/mol. The number of carbonyl (C=O) groups is 1. The summed E-state index contributed by atoms with van der Waals surface area (Å²) in [4.78, 5) is 11.9. The quantitative estimate of drug-likeness (QED) is 0.0595. The Balaban J connectivity index is 1.41. The highest BCUT2D eigenvalue weighted by Gasteiger charge is 2.46. The van der Waals surface area contributed by atoms with Gasteiger partial charge in [0.25, 0.3) is 0 Å². The van der Waals surface area contributed by atoms with Crippen molar-refractivity contribution in [3.8, 4) is 0 Å². The highest BCUT2D eigenvalue weighted by Crippen LogP contribution is 2.51. The molecule has 4 aromatic rings. The van der Waals surface area contributed by atoms with Crippen molar-refractivity contribution in [1.29, 1.82) is 0 Å². The molecular formula is C42H45N2O9S2-. The van der Waals surface area contributed by atoms with Crippen molar-refractivity contribution in [3.63, 3.8) is 0 Å². The Morgan fingerprint density at radius 3 is 2.27 bits per heavy atom. The van der Waals surface area contributed by atoms with Crippen molar-refractivity contribution in [2.24, 2.45) is 0 Å². The van der Waals surface area contributed by atoms with Crippen LogP contribution in [-0.4, -0.2) is 74.1 Å². The zero-order valence-electron chi connectivity index (χ0n) is 31.5. The van der Waals surface area contributed by atoms with Crippen molar-refractivity contribution in [2.45, 2.75) is 74.0 Å². The van der Waals surface area contributed by atoms with E-state index in [9.17, 15) is 30.7 Å². The number of anilines is 1. The van der Waals surface area contributed by atoms with Crippen LogP contribution < -0.4 is 4.90 Å². The van der Waals surface area contributed by atoms with Crippen LogP contribution in [0.3, 0.4) is 0 Å². The third-order valence-electron chi connectivity index (χ3n) is 10.7. The zero-order chi connectivity index (χ0) is 39.9. The maximum absolute atomic E-state index is 12.4. The topological polar surface area (TPSA) is 167 Å². The van der Waals surface area contributed by atoms with Gasteiger partial charge in [-0.25, -0.2) is 16.8 Å². The number of rotatable bonds is 14. The van der Waals surface area contributed by atoms with E-state index < -0.39 is 41.4 Å². The molecule has 0 unspecified atom stereocenters. The maximum atomic E-state index is 12.4. The molecule has 11 nitrogen and oxygen atoms in total. The summed E-state index contributed by atoms with van der Waals surface area (Å²) in [5.41, 5.74) is 4.41. The average Bonchev–Trinajstić information content (AvgIpc) is 3.47. The maximum Gasteiger partial charge on any atom is 0.303 e. The normalized spacial score (nSPS) is 17.4. The van der Waals surface area contributed by atoms with Gasteiger partial charge in [0.1, 0.15) is 26.8 Å². The highest BCUT2D eigenvalue weighted by atomic mass is 32.2. The standard InChI is InChI=1S/C42H46N2O9S2/c1-41(2)37(44(24-25-53-5)33-21-19-28-14-11-12-15-30(28)39(33)41)17-9-6-8-16-36-42(3,4)40-32-26-29(54(47,48)49)27-35(55(50,51)52)31(32)20-22-34(40)43(36)23-13-7-10-18-38(45)46/h6,8-9,11-12,14-17,19-22,26-27H,7,10,13,18,23-25H2,1-5H3,(H2-,45,46,47,48,49,50,51,52)/p-1. The number of carboxylic acid groups (broad SMARTS) is 1. The Labute approximate surface area is 322 Å². The van der Waals surface area contributed by atoms with Gasteiger partial charge in [-0.15, -0.1) is 0 Å². The van der Waals surface area contributed by atoms with Gasteiger partial charge in [-0.2, -0.15) is 4.58 Å². The molecule has 290 valence electrons. The minimum absolute atomic E-state index is 0.0263. The number of unbranched alkanes of at least 4 members (excludes halogenated alkanes) is 2. The molecule has 0 saturated heterocycles. The summed E-state index contributed by atoms with van der Waals surface area (Å²) in [6, 6.07) is 17.6. The Kier molecular flexibility index (Phi) is 11.0. The molecule has 0 aliphatic carbocycles. The first-order valence-electron chi connectivity index (χ1n) is 18.1. The number of hydrogen-bond acceptors (Lipinski definition) is 9. The third kappa shape index (κ3) is 7.64. The number of aliphatic carboxylic acids is 1. The molecule has 4 aromatic carbocycles. The van der Waals surface area contributed by atoms with Gasteiger partial charge >= 0.3 is 5.97 Å². The van der Waals surface area contributed by atoms with E-state index in [1.807, 2.05) is 44.2 Å². The van der Waals surface area contributed by atoms with E-state index in [1.54, 1.807) is 13.2 Å². The number of allylic oxidation sites excluding steroid dienone is 6. The Hall–Kier alpha value is -4.66. The van der Waals surface area contributed by atoms with Gasteiger partial charge in [0.2, 0.25) is 5.69 Å². The molecule has 0 atom stereocenters. The fraction of sp³-hybridized carbons (Fsp3) is 0.333. The van der Waals surface area contributed by atoms with E-state index in [0.29, 0.717) is 56.3 Å². The van der Waals surface area contributed by atoms with Crippen molar-refractivity contribution < 1.29 is 45.2 Å². The van der Waals surface area contributed by atoms with Crippen LogP contribution in [0, 0.1) is 0 Å². The predicted molar refractivity (Wildman–Crippen MR) is 211 cm³/mol. The van der Waals surface area contributed by atoms with E-state index in [1.165, 1.54) is 22.4 Å². The SMILES string of the molecule is COCCN1C(=CC=CC=CC2=[N+](CCCCCC(=O)O)c3ccc4c(S(=O)(=O)[O-])cc(S(=O)(=O)[O-])cc4c3C2(C)C)C(C)(C)c2c1ccc1ccccc21. The van der Waals surface area contributed by atoms with Gasteiger partial charge < -0.3 is 23.8 Å². The molecule has 0 radical (unpaired) electrons. The van der Waals surface area contributed by atoms with E-state index in [-0.39, 0.29) is 22.6 Å². The third-order valence-corrected chi connectivity index (χ3v) is 12.4. The molecule has 13 heteroatoms. The number of ether oxygens (including phenoxy) is 1. The van der Waals surface area contributed by atoms with E-state index in [0.717, 1.165) is 23.2 Å². The molecule has 1 N–H and O–H groups in total. The van der Waals surface area contributed by atoms with Gasteiger partial charge in [-0.05, 0) is 78.8 Å². The lowest BCUT2D eigenvalue weighted by Gasteiger charge is -2.26. The van der Waals surface area contributed by atoms with Crippen molar-refractivity contribution in [2.75, 3.05) is 31.7 Å². The van der Waals surface area contributed by atoms with Gasteiger partial charge in [0, 0.05) is 66.4 Å². The van der Waals surface area contributed by atoms with Crippen LogP contribution in [-0.2, 0) is 40.6 Å². The van der Waals surface area contributed by atoms with Crippen LogP contribution >= 0.6 is 0 Å². The number of methoxy groups -OCH3 is 1. The molecule has 0 spiro atoms. The summed E-state index contributed by atoms with van der Waals surface area (Å²) in [7, 11) is -8.59. The molecule has 2 aliphatic rings. The Bertz CT molecular complexity index is 2550. The van der Waals surface area contributed by atoms with Crippen LogP contribution in [0.5, 0.6) is 0 Å². The van der Waals surface area contributed by atoms with Gasteiger partial charge in [-0.1, -0.05) is 62.4 Å². The van der Waals surface area contributed by atoms with Crippen molar-refractivity contribution in [1.82, 2.24) is 0 Å². The van der Waals surface area contributed by atoms with Crippen LogP contribution in [0.4, 0.5) is 11.4 Å². The monoisotopic (exact) mass is 785 g/mol. The summed E-state index contributed by atoms with van der Waals surface area (Å²) >= 11 is 0. The van der Waals surface area contributed by atoms with Gasteiger partial charge in [0.05, 0.1) is 21.8 Å². The zero-order valence-corrected chi connectivity index (χ0v) is 33.2. The van der Waals surface area contributed by atoms with Crippen molar-refractivity contribution in [3.05, 3.63) is 108 Å². The van der Waals surface area contributed by atoms with Crippen LogP contribution in [0.2, 0.25) is 0 Å². The summed E-state index contributed by atoms with van der Waals surface area (Å²) in [6.45, 7) is 9.98. The number of fused-ring (bicyclic) bond motifs is 6. The lowest BCUT2D eigenvalue weighted by Crippen LogP contribution is -2.28. The van der Waals surface area contributed by atoms with Crippen LogP contribution in [0.25, 0.3) is 21.5 Å². The highest BCUT2D eigenvalue weighted by molar-refractivity contribution is 7.86. The summed E-state index contributed by atoms with van der Waals surface area (Å²) < 4.78 is 81.2. The minimum atomic E-state index is -5.16. The van der Waals surface area contributed by atoms with E-state index in [4.69, 9.17) is 9.84 Å². The number of benzene rings is 4. The second-order valence-electron chi connectivity index (χ2n) is 15.0. The van der Waals surface area contributed by atoms with E-state index in [2.05, 4.69) is 59.7 Å². The van der Waals surface area contributed by atoms with Gasteiger partial charge in [0.15, 0.2) is 5.71 Å². The largest absolute Gasteiger partial charge is 0.744 e. The fourth-order valence-corrected chi connectivity index (χ4v) is 9.59. The Morgan fingerprint density at radius 1 is 0.836 bits per heavy atom. The van der Waals surface area contributed by atoms with Crippen molar-refractivity contribution >= 4 is 64.8 Å². The number of carboxylic acids is 1. The lowest BCUT2D eigenvalue weighted by molar-refractivity contribution is -0.438. The molecule has 55 heavy (non-hydrogen) atoms. The van der Waals surface area contributed by atoms with Gasteiger partial charge in [-0.3, -0.25) is 4.79 Å². The summed E-state index contributed by atoms with van der Waals surface area (Å²) in [5.74, 6) is -0.871. The predicted octanol–water partition coefficient (Wildman–Crippen LogP) is 7.26. The second kappa shape index (κ2) is 15.1. The molecule has 0 fully saturated rings. The summed E-state index contributed by atoms with van der Waals surface area (Å²) in [6.07, 6.45) is 11.7. The fourth-order valence-electron chi connectivity index (χ4n) is 8.27. The molecule has 0 bridgehead atoms. The second-order valence-corrected chi connectivity index (χ2v) is 17.7. The first kappa shape index (κ1) is 40.0. The Morgan fingerprint density at radius 2 is 1.58 bits per heavy atom. The molecule has 2 heterocycles. The lowest BCUT2D eigenvalue weighted by atomic mass is 9.79. The first-order valence-corrected chi connectivity index (χ1v) is 20.9. The molecule has 0 saturated carbocycles. The summed E-state index contributed by atoms with van der Waals surface area (Å²) in [5, 5.41) is 11.7. The van der Waals surface area contributed by atoms with Crippen LogP contribution in [0.15, 0.2) is 107 Å².